The zero-order chi connectivity index (χ0) is 20.5. The van der Waals surface area contributed by atoms with E-state index in [0.717, 1.165) is 45.4 Å². The second kappa shape index (κ2) is 8.10. The fraction of sp³-hybridized carbons (Fsp3) is 0.238. The van der Waals surface area contributed by atoms with Crippen LogP contribution in [0.2, 0.25) is 0 Å². The number of anilines is 1. The summed E-state index contributed by atoms with van der Waals surface area (Å²) in [7, 11) is 0. The molecule has 1 amide bonds. The lowest BCUT2D eigenvalue weighted by Crippen LogP contribution is -2.50. The molecule has 5 rings (SSSR count). The number of carbonyl (C=O) groups excluding carboxylic acids is 1. The summed E-state index contributed by atoms with van der Waals surface area (Å²) in [5.41, 5.74) is 9.65. The van der Waals surface area contributed by atoms with Gasteiger partial charge in [0, 0.05) is 26.2 Å². The van der Waals surface area contributed by atoms with Crippen LogP contribution in [0.5, 0.6) is 0 Å². The molecule has 0 aliphatic carbocycles. The van der Waals surface area contributed by atoms with Crippen molar-refractivity contribution in [1.29, 1.82) is 0 Å². The molecule has 4 aromatic rings. The smallest absolute Gasteiger partial charge is 0.236 e. The van der Waals surface area contributed by atoms with Crippen molar-refractivity contribution in [2.24, 2.45) is 5.73 Å². The van der Waals surface area contributed by atoms with Crippen LogP contribution in [0.15, 0.2) is 47.3 Å². The van der Waals surface area contributed by atoms with Crippen LogP contribution >= 0.6 is 22.7 Å². The highest BCUT2D eigenvalue weighted by molar-refractivity contribution is 7.14. The SMILES string of the molecule is NCC(=O)N1CCN(c2cnc3nc(-c4cccs4)c(-c4cccs4)nc3c2)CC1. The van der Waals surface area contributed by atoms with Crippen molar-refractivity contribution >= 4 is 45.4 Å². The van der Waals surface area contributed by atoms with E-state index in [1.165, 1.54) is 0 Å². The Hall–Kier alpha value is -2.88. The average Bonchev–Trinajstić information content (AvgIpc) is 3.52. The van der Waals surface area contributed by atoms with Gasteiger partial charge in [-0.05, 0) is 29.0 Å². The number of aromatic nitrogens is 3. The topological polar surface area (TPSA) is 88.2 Å². The second-order valence-electron chi connectivity index (χ2n) is 6.98. The second-order valence-corrected chi connectivity index (χ2v) is 8.88. The minimum Gasteiger partial charge on any atom is -0.367 e. The fourth-order valence-electron chi connectivity index (χ4n) is 3.62. The fourth-order valence-corrected chi connectivity index (χ4v) is 5.05. The Morgan fingerprint density at radius 1 is 1.00 bits per heavy atom. The first kappa shape index (κ1) is 19.1. The molecular weight excluding hydrogens is 416 g/mol. The van der Waals surface area contributed by atoms with Gasteiger partial charge in [0.25, 0.3) is 0 Å². The maximum absolute atomic E-state index is 11.8. The highest BCUT2D eigenvalue weighted by Crippen LogP contribution is 2.35. The minimum atomic E-state index is -0.00107. The lowest BCUT2D eigenvalue weighted by Gasteiger charge is -2.35. The van der Waals surface area contributed by atoms with Gasteiger partial charge >= 0.3 is 0 Å². The van der Waals surface area contributed by atoms with Crippen LogP contribution in [0, 0.1) is 0 Å². The van der Waals surface area contributed by atoms with Crippen LogP contribution in [-0.4, -0.2) is 58.5 Å². The molecular formula is C21H20N6OS2. The highest BCUT2D eigenvalue weighted by Gasteiger charge is 2.21. The summed E-state index contributed by atoms with van der Waals surface area (Å²) in [6.07, 6.45) is 1.85. The molecule has 5 heterocycles. The molecule has 0 aromatic carbocycles. The lowest BCUT2D eigenvalue weighted by molar-refractivity contribution is -0.129. The maximum Gasteiger partial charge on any atom is 0.236 e. The number of rotatable bonds is 4. The van der Waals surface area contributed by atoms with E-state index in [0.29, 0.717) is 18.7 Å². The molecule has 0 radical (unpaired) electrons. The van der Waals surface area contributed by atoms with Gasteiger partial charge < -0.3 is 15.5 Å². The molecule has 0 saturated carbocycles. The van der Waals surface area contributed by atoms with Gasteiger partial charge in [0.1, 0.15) is 16.9 Å². The van der Waals surface area contributed by atoms with E-state index in [1.807, 2.05) is 34.7 Å². The van der Waals surface area contributed by atoms with Crippen LogP contribution in [0.25, 0.3) is 32.3 Å². The first-order chi connectivity index (χ1) is 14.7. The van der Waals surface area contributed by atoms with Crippen LogP contribution < -0.4 is 10.6 Å². The first-order valence-electron chi connectivity index (χ1n) is 9.71. The number of piperazine rings is 1. The number of hydrogen-bond donors (Lipinski definition) is 1. The van der Waals surface area contributed by atoms with Crippen molar-refractivity contribution in [2.75, 3.05) is 37.6 Å². The molecule has 0 atom stereocenters. The Bertz CT molecular complexity index is 1170. The molecule has 0 bridgehead atoms. The van der Waals surface area contributed by atoms with Gasteiger partial charge in [-0.2, -0.15) is 0 Å². The van der Waals surface area contributed by atoms with Gasteiger partial charge in [-0.1, -0.05) is 12.1 Å². The average molecular weight is 437 g/mol. The van der Waals surface area contributed by atoms with E-state index in [-0.39, 0.29) is 12.5 Å². The predicted molar refractivity (Wildman–Crippen MR) is 122 cm³/mol. The molecule has 4 aromatic heterocycles. The van der Waals surface area contributed by atoms with Gasteiger partial charge in [-0.3, -0.25) is 4.79 Å². The Balaban J connectivity index is 1.51. The third-order valence-corrected chi connectivity index (χ3v) is 6.94. The van der Waals surface area contributed by atoms with E-state index < -0.39 is 0 Å². The monoisotopic (exact) mass is 436 g/mol. The van der Waals surface area contributed by atoms with Crippen molar-refractivity contribution in [3.05, 3.63) is 47.3 Å². The summed E-state index contributed by atoms with van der Waals surface area (Å²) in [6, 6.07) is 10.2. The summed E-state index contributed by atoms with van der Waals surface area (Å²) in [5, 5.41) is 4.10. The minimum absolute atomic E-state index is 0.00107. The molecule has 7 nitrogen and oxygen atoms in total. The molecule has 1 saturated heterocycles. The van der Waals surface area contributed by atoms with Gasteiger partial charge in [-0.15, -0.1) is 22.7 Å². The number of pyridine rings is 1. The van der Waals surface area contributed by atoms with E-state index in [1.54, 1.807) is 22.7 Å². The normalized spacial score (nSPS) is 14.4. The first-order valence-corrected chi connectivity index (χ1v) is 11.5. The molecule has 1 fully saturated rings. The molecule has 1 aliphatic rings. The number of carbonyl (C=O) groups is 1. The Morgan fingerprint density at radius 3 is 2.27 bits per heavy atom. The molecule has 0 unspecified atom stereocenters. The Labute approximate surface area is 181 Å². The summed E-state index contributed by atoms with van der Waals surface area (Å²) < 4.78 is 0. The number of amides is 1. The molecule has 152 valence electrons. The molecule has 0 spiro atoms. The Kier molecular flexibility index (Phi) is 5.16. The van der Waals surface area contributed by atoms with Crippen molar-refractivity contribution < 1.29 is 4.79 Å². The largest absolute Gasteiger partial charge is 0.367 e. The summed E-state index contributed by atoms with van der Waals surface area (Å²) in [5.74, 6) is -0.00107. The third-order valence-electron chi connectivity index (χ3n) is 5.19. The van der Waals surface area contributed by atoms with Gasteiger partial charge in [0.05, 0.1) is 28.2 Å². The predicted octanol–water partition coefficient (Wildman–Crippen LogP) is 3.09. The van der Waals surface area contributed by atoms with Crippen LogP contribution in [0.4, 0.5) is 5.69 Å². The number of nitrogens with zero attached hydrogens (tertiary/aromatic N) is 5. The summed E-state index contributed by atoms with van der Waals surface area (Å²) in [4.78, 5) is 32.5. The zero-order valence-corrected chi connectivity index (χ0v) is 17.8. The summed E-state index contributed by atoms with van der Waals surface area (Å²) in [6.45, 7) is 2.88. The van der Waals surface area contributed by atoms with E-state index >= 15 is 0 Å². The highest BCUT2D eigenvalue weighted by atomic mass is 32.1. The van der Waals surface area contributed by atoms with Crippen LogP contribution in [0.1, 0.15) is 0 Å². The van der Waals surface area contributed by atoms with E-state index in [2.05, 4.69) is 27.4 Å². The van der Waals surface area contributed by atoms with Crippen molar-refractivity contribution in [2.45, 2.75) is 0 Å². The van der Waals surface area contributed by atoms with E-state index in [9.17, 15) is 4.79 Å². The number of nitrogens with two attached hydrogens (primary N) is 1. The van der Waals surface area contributed by atoms with Gasteiger partial charge in [-0.25, -0.2) is 15.0 Å². The molecule has 2 N–H and O–H groups in total. The zero-order valence-electron chi connectivity index (χ0n) is 16.2. The quantitative estimate of drug-likeness (QED) is 0.529. The maximum atomic E-state index is 11.8. The molecule has 1 aliphatic heterocycles. The third kappa shape index (κ3) is 3.55. The van der Waals surface area contributed by atoms with Gasteiger partial charge in [0.2, 0.25) is 5.91 Å². The van der Waals surface area contributed by atoms with Crippen LogP contribution in [-0.2, 0) is 4.79 Å². The van der Waals surface area contributed by atoms with Crippen molar-refractivity contribution in [3.8, 4) is 21.1 Å². The molecule has 30 heavy (non-hydrogen) atoms. The summed E-state index contributed by atoms with van der Waals surface area (Å²) >= 11 is 3.31. The molecule has 9 heteroatoms. The van der Waals surface area contributed by atoms with E-state index in [4.69, 9.17) is 15.7 Å². The van der Waals surface area contributed by atoms with Crippen LogP contribution in [0.3, 0.4) is 0 Å². The standard InChI is InChI=1S/C21H20N6OS2/c22-12-18(28)27-7-5-26(6-8-27)14-11-15-21(23-13-14)25-20(17-4-2-10-30-17)19(24-15)16-3-1-9-29-16/h1-4,9-11,13H,5-8,12,22H2. The number of thiophene rings is 2. The van der Waals surface area contributed by atoms with Crippen molar-refractivity contribution in [1.82, 2.24) is 19.9 Å². The van der Waals surface area contributed by atoms with Gasteiger partial charge in [0.15, 0.2) is 5.65 Å². The number of fused-ring (bicyclic) bond motifs is 1. The van der Waals surface area contributed by atoms with Crippen molar-refractivity contribution in [3.63, 3.8) is 0 Å². The Morgan fingerprint density at radius 2 is 1.67 bits per heavy atom. The number of hydrogen-bond acceptors (Lipinski definition) is 8. The lowest BCUT2D eigenvalue weighted by atomic mass is 10.2.